The summed E-state index contributed by atoms with van der Waals surface area (Å²) in [6.07, 6.45) is 7.27. The fraction of sp³-hybridized carbons (Fsp3) is 0.583. The molecule has 0 amide bonds. The van der Waals surface area contributed by atoms with Crippen LogP contribution in [0, 0.1) is 12.3 Å². The first kappa shape index (κ1) is 12.5. The summed E-state index contributed by atoms with van der Waals surface area (Å²) >= 11 is 1.34. The largest absolute Gasteiger partial charge is 0.374 e. The summed E-state index contributed by atoms with van der Waals surface area (Å²) in [5.41, 5.74) is 0.786. The van der Waals surface area contributed by atoms with E-state index in [1.54, 1.807) is 0 Å². The molecule has 0 saturated carbocycles. The van der Waals surface area contributed by atoms with Gasteiger partial charge in [-0.2, -0.15) is 0 Å². The SMILES string of the molecule is C#CC(O)c1nc(COC2CCCCO2)cs1. The lowest BCUT2D eigenvalue weighted by Gasteiger charge is -2.22. The summed E-state index contributed by atoms with van der Waals surface area (Å²) in [6, 6.07) is 0. The van der Waals surface area contributed by atoms with Crippen molar-refractivity contribution in [2.75, 3.05) is 6.61 Å². The summed E-state index contributed by atoms with van der Waals surface area (Å²) < 4.78 is 11.0. The molecule has 1 aromatic rings. The van der Waals surface area contributed by atoms with Crippen LogP contribution in [0.5, 0.6) is 0 Å². The number of nitrogens with zero attached hydrogens (tertiary/aromatic N) is 1. The second-order valence-corrected chi connectivity index (χ2v) is 4.74. The molecule has 0 aromatic carbocycles. The van der Waals surface area contributed by atoms with Crippen LogP contribution >= 0.6 is 11.3 Å². The van der Waals surface area contributed by atoms with Gasteiger partial charge in [0, 0.05) is 12.0 Å². The molecule has 4 nitrogen and oxygen atoms in total. The second-order valence-electron chi connectivity index (χ2n) is 3.85. The Labute approximate surface area is 105 Å². The minimum Gasteiger partial charge on any atom is -0.374 e. The van der Waals surface area contributed by atoms with Gasteiger partial charge in [0.05, 0.1) is 12.3 Å². The van der Waals surface area contributed by atoms with Gasteiger partial charge in [-0.3, -0.25) is 0 Å². The van der Waals surface area contributed by atoms with Crippen LogP contribution in [0.25, 0.3) is 0 Å². The zero-order valence-corrected chi connectivity index (χ0v) is 10.3. The molecule has 2 heterocycles. The van der Waals surface area contributed by atoms with Gasteiger partial charge < -0.3 is 14.6 Å². The van der Waals surface area contributed by atoms with Crippen molar-refractivity contribution in [1.29, 1.82) is 0 Å². The van der Waals surface area contributed by atoms with Crippen LogP contribution in [0.1, 0.15) is 36.1 Å². The number of terminal acetylenes is 1. The maximum Gasteiger partial charge on any atom is 0.166 e. The van der Waals surface area contributed by atoms with Crippen molar-refractivity contribution in [3.8, 4) is 12.3 Å². The molecule has 1 aliphatic heterocycles. The zero-order valence-electron chi connectivity index (χ0n) is 9.46. The lowest BCUT2D eigenvalue weighted by atomic mass is 10.2. The Morgan fingerprint density at radius 1 is 1.71 bits per heavy atom. The molecule has 1 aliphatic rings. The van der Waals surface area contributed by atoms with Gasteiger partial charge in [-0.05, 0) is 19.3 Å². The van der Waals surface area contributed by atoms with Crippen LogP contribution in [0.15, 0.2) is 5.38 Å². The van der Waals surface area contributed by atoms with E-state index in [1.165, 1.54) is 11.3 Å². The van der Waals surface area contributed by atoms with E-state index in [9.17, 15) is 5.11 Å². The molecule has 92 valence electrons. The van der Waals surface area contributed by atoms with Crippen LogP contribution in [-0.4, -0.2) is 23.0 Å². The smallest absolute Gasteiger partial charge is 0.166 e. The third kappa shape index (κ3) is 3.51. The molecule has 5 heteroatoms. The fourth-order valence-electron chi connectivity index (χ4n) is 1.61. The van der Waals surface area contributed by atoms with Gasteiger partial charge in [0.25, 0.3) is 0 Å². The molecule has 0 radical (unpaired) electrons. The minimum atomic E-state index is -0.917. The Kier molecular flexibility index (Phi) is 4.51. The van der Waals surface area contributed by atoms with Gasteiger partial charge in [0.2, 0.25) is 0 Å². The number of thiazole rings is 1. The molecule has 0 spiro atoms. The van der Waals surface area contributed by atoms with E-state index in [2.05, 4.69) is 10.9 Å². The highest BCUT2D eigenvalue weighted by Gasteiger charge is 2.15. The van der Waals surface area contributed by atoms with Crippen LogP contribution < -0.4 is 0 Å². The first-order chi connectivity index (χ1) is 8.29. The molecule has 2 rings (SSSR count). The Bertz CT molecular complexity index is 393. The second kappa shape index (κ2) is 6.12. The number of ether oxygens (including phenoxy) is 2. The highest BCUT2D eigenvalue weighted by Crippen LogP contribution is 2.20. The highest BCUT2D eigenvalue weighted by atomic mass is 32.1. The average molecular weight is 253 g/mol. The highest BCUT2D eigenvalue weighted by molar-refractivity contribution is 7.09. The van der Waals surface area contributed by atoms with E-state index in [1.807, 2.05) is 5.38 Å². The van der Waals surface area contributed by atoms with Gasteiger partial charge in [0.15, 0.2) is 12.4 Å². The maximum atomic E-state index is 9.41. The van der Waals surface area contributed by atoms with E-state index in [4.69, 9.17) is 15.9 Å². The van der Waals surface area contributed by atoms with Crippen molar-refractivity contribution in [2.45, 2.75) is 38.3 Å². The summed E-state index contributed by atoms with van der Waals surface area (Å²) in [5.74, 6) is 2.24. The molecular weight excluding hydrogens is 238 g/mol. The number of rotatable bonds is 4. The molecular formula is C12H15NO3S. The van der Waals surface area contributed by atoms with Crippen molar-refractivity contribution in [2.24, 2.45) is 0 Å². The standard InChI is InChI=1S/C12H15NO3S/c1-2-10(14)12-13-9(8-17-12)7-16-11-5-3-4-6-15-11/h1,8,10-11,14H,3-7H2. The average Bonchev–Trinajstić information content (AvgIpc) is 2.85. The van der Waals surface area contributed by atoms with Gasteiger partial charge in [-0.1, -0.05) is 5.92 Å². The Hall–Kier alpha value is -0.930. The van der Waals surface area contributed by atoms with Crippen molar-refractivity contribution in [1.82, 2.24) is 4.98 Å². The molecule has 17 heavy (non-hydrogen) atoms. The van der Waals surface area contributed by atoms with Crippen molar-refractivity contribution >= 4 is 11.3 Å². The molecule has 2 atom stereocenters. The van der Waals surface area contributed by atoms with Crippen molar-refractivity contribution in [3.63, 3.8) is 0 Å². The van der Waals surface area contributed by atoms with Gasteiger partial charge in [-0.25, -0.2) is 4.98 Å². The van der Waals surface area contributed by atoms with E-state index in [0.29, 0.717) is 11.6 Å². The quantitative estimate of drug-likeness (QED) is 0.832. The topological polar surface area (TPSA) is 51.6 Å². The first-order valence-corrected chi connectivity index (χ1v) is 6.49. The number of aliphatic hydroxyl groups is 1. The number of hydrogen-bond donors (Lipinski definition) is 1. The summed E-state index contributed by atoms with van der Waals surface area (Å²) in [6.45, 7) is 1.17. The summed E-state index contributed by atoms with van der Waals surface area (Å²) in [7, 11) is 0. The van der Waals surface area contributed by atoms with E-state index >= 15 is 0 Å². The lowest BCUT2D eigenvalue weighted by Crippen LogP contribution is -2.22. The van der Waals surface area contributed by atoms with Crippen LogP contribution in [0.2, 0.25) is 0 Å². The third-order valence-corrected chi connectivity index (χ3v) is 3.46. The van der Waals surface area contributed by atoms with E-state index in [-0.39, 0.29) is 6.29 Å². The number of aromatic nitrogens is 1. The molecule has 1 aromatic heterocycles. The van der Waals surface area contributed by atoms with Crippen molar-refractivity contribution in [3.05, 3.63) is 16.1 Å². The monoisotopic (exact) mass is 253 g/mol. The Morgan fingerprint density at radius 2 is 2.59 bits per heavy atom. The Morgan fingerprint density at radius 3 is 3.29 bits per heavy atom. The predicted molar refractivity (Wildman–Crippen MR) is 64.3 cm³/mol. The predicted octanol–water partition coefficient (Wildman–Crippen LogP) is 1.85. The van der Waals surface area contributed by atoms with Crippen LogP contribution in [-0.2, 0) is 16.1 Å². The molecule has 0 aliphatic carbocycles. The maximum absolute atomic E-state index is 9.41. The number of aliphatic hydroxyl groups excluding tert-OH is 1. The van der Waals surface area contributed by atoms with Crippen LogP contribution in [0.3, 0.4) is 0 Å². The van der Waals surface area contributed by atoms with E-state index < -0.39 is 6.10 Å². The molecule has 0 bridgehead atoms. The minimum absolute atomic E-state index is 0.119. The molecule has 1 N–H and O–H groups in total. The normalized spacial score (nSPS) is 22.0. The molecule has 1 fully saturated rings. The van der Waals surface area contributed by atoms with Crippen molar-refractivity contribution < 1.29 is 14.6 Å². The van der Waals surface area contributed by atoms with Gasteiger partial charge in [0.1, 0.15) is 5.01 Å². The summed E-state index contributed by atoms with van der Waals surface area (Å²) in [5, 5.41) is 11.8. The first-order valence-electron chi connectivity index (χ1n) is 5.61. The molecule has 2 unspecified atom stereocenters. The number of hydrogen-bond acceptors (Lipinski definition) is 5. The summed E-state index contributed by atoms with van der Waals surface area (Å²) in [4.78, 5) is 4.21. The third-order valence-electron chi connectivity index (χ3n) is 2.52. The lowest BCUT2D eigenvalue weighted by molar-refractivity contribution is -0.169. The molecule has 1 saturated heterocycles. The Balaban J connectivity index is 1.82. The van der Waals surface area contributed by atoms with Gasteiger partial charge in [-0.15, -0.1) is 17.8 Å². The fourth-order valence-corrected chi connectivity index (χ4v) is 2.35. The van der Waals surface area contributed by atoms with E-state index in [0.717, 1.165) is 31.6 Å². The van der Waals surface area contributed by atoms with Gasteiger partial charge >= 0.3 is 0 Å². The zero-order chi connectivity index (χ0) is 12.1. The van der Waals surface area contributed by atoms with Crippen LogP contribution in [0.4, 0.5) is 0 Å².